The quantitative estimate of drug-likeness (QED) is 0.815. The van der Waals surface area contributed by atoms with E-state index in [0.717, 1.165) is 30.6 Å². The second kappa shape index (κ2) is 5.26. The number of rotatable bonds is 4. The van der Waals surface area contributed by atoms with Crippen molar-refractivity contribution in [2.75, 3.05) is 6.54 Å². The van der Waals surface area contributed by atoms with Crippen LogP contribution in [-0.2, 0) is 6.54 Å². The van der Waals surface area contributed by atoms with Gasteiger partial charge < -0.3 is 5.32 Å². The fraction of sp³-hybridized carbons (Fsp3) is 0.615. The van der Waals surface area contributed by atoms with Gasteiger partial charge >= 0.3 is 0 Å². The smallest absolute Gasteiger partial charge is 0.0541 e. The fourth-order valence-corrected chi connectivity index (χ4v) is 2.41. The standard InChI is InChI=1S/C13H20N2/c1-11-5-4-6-12(11)9-14-10-13-7-2-3-8-15-13/h2-3,7-8,11-12,14H,4-6,9-10H2,1H3. The minimum Gasteiger partial charge on any atom is -0.311 e. The molecule has 0 spiro atoms. The topological polar surface area (TPSA) is 24.9 Å². The van der Waals surface area contributed by atoms with Gasteiger partial charge in [-0.05, 0) is 36.9 Å². The molecule has 0 saturated heterocycles. The largest absolute Gasteiger partial charge is 0.311 e. The molecule has 1 aliphatic rings. The van der Waals surface area contributed by atoms with Crippen LogP contribution < -0.4 is 5.32 Å². The Morgan fingerprint density at radius 1 is 1.40 bits per heavy atom. The second-order valence-corrected chi connectivity index (χ2v) is 4.62. The molecule has 82 valence electrons. The highest BCUT2D eigenvalue weighted by Gasteiger charge is 2.22. The zero-order valence-electron chi connectivity index (χ0n) is 9.45. The van der Waals surface area contributed by atoms with Crippen LogP contribution in [0.4, 0.5) is 0 Å². The van der Waals surface area contributed by atoms with Crippen LogP contribution in [0.2, 0.25) is 0 Å². The molecule has 0 bridgehead atoms. The van der Waals surface area contributed by atoms with E-state index in [2.05, 4.69) is 23.3 Å². The Labute approximate surface area is 92.1 Å². The molecule has 1 fully saturated rings. The summed E-state index contributed by atoms with van der Waals surface area (Å²) in [5.74, 6) is 1.79. The van der Waals surface area contributed by atoms with E-state index in [0.29, 0.717) is 0 Å². The molecule has 1 aliphatic carbocycles. The lowest BCUT2D eigenvalue weighted by Crippen LogP contribution is -2.24. The molecule has 2 unspecified atom stereocenters. The summed E-state index contributed by atoms with van der Waals surface area (Å²) in [6.07, 6.45) is 6.08. The number of hydrogen-bond acceptors (Lipinski definition) is 2. The van der Waals surface area contributed by atoms with Crippen LogP contribution in [0.3, 0.4) is 0 Å². The predicted molar refractivity (Wildman–Crippen MR) is 62.4 cm³/mol. The van der Waals surface area contributed by atoms with Crippen molar-refractivity contribution in [2.45, 2.75) is 32.7 Å². The van der Waals surface area contributed by atoms with Crippen molar-refractivity contribution < 1.29 is 0 Å². The number of nitrogens with zero attached hydrogens (tertiary/aromatic N) is 1. The summed E-state index contributed by atoms with van der Waals surface area (Å²) in [5.41, 5.74) is 1.14. The summed E-state index contributed by atoms with van der Waals surface area (Å²) in [7, 11) is 0. The Hall–Kier alpha value is -0.890. The third kappa shape index (κ3) is 3.03. The molecular weight excluding hydrogens is 184 g/mol. The molecule has 2 atom stereocenters. The second-order valence-electron chi connectivity index (χ2n) is 4.62. The van der Waals surface area contributed by atoms with Crippen LogP contribution in [-0.4, -0.2) is 11.5 Å². The summed E-state index contributed by atoms with van der Waals surface area (Å²) >= 11 is 0. The van der Waals surface area contributed by atoms with Crippen molar-refractivity contribution in [3.63, 3.8) is 0 Å². The molecule has 2 rings (SSSR count). The highest BCUT2D eigenvalue weighted by Crippen LogP contribution is 2.30. The van der Waals surface area contributed by atoms with Gasteiger partial charge in [0.1, 0.15) is 0 Å². The van der Waals surface area contributed by atoms with Gasteiger partial charge in [-0.1, -0.05) is 25.8 Å². The molecule has 0 aliphatic heterocycles. The van der Waals surface area contributed by atoms with E-state index in [1.54, 1.807) is 0 Å². The number of hydrogen-bond donors (Lipinski definition) is 1. The first-order valence-corrected chi connectivity index (χ1v) is 5.97. The average molecular weight is 204 g/mol. The van der Waals surface area contributed by atoms with Gasteiger partial charge in [0, 0.05) is 12.7 Å². The van der Waals surface area contributed by atoms with E-state index in [4.69, 9.17) is 0 Å². The summed E-state index contributed by atoms with van der Waals surface area (Å²) in [6, 6.07) is 6.08. The minimum atomic E-state index is 0.883. The van der Waals surface area contributed by atoms with Crippen LogP contribution >= 0.6 is 0 Å². The van der Waals surface area contributed by atoms with Crippen LogP contribution in [0.15, 0.2) is 24.4 Å². The van der Waals surface area contributed by atoms with Crippen LogP contribution in [0.25, 0.3) is 0 Å². The monoisotopic (exact) mass is 204 g/mol. The van der Waals surface area contributed by atoms with E-state index in [9.17, 15) is 0 Å². The maximum absolute atomic E-state index is 4.30. The molecule has 1 heterocycles. The van der Waals surface area contributed by atoms with Gasteiger partial charge in [0.15, 0.2) is 0 Å². The van der Waals surface area contributed by atoms with Gasteiger partial charge in [-0.15, -0.1) is 0 Å². The average Bonchev–Trinajstić information content (AvgIpc) is 2.66. The maximum atomic E-state index is 4.30. The first-order chi connectivity index (χ1) is 7.36. The lowest BCUT2D eigenvalue weighted by molar-refractivity contribution is 0.391. The molecule has 0 amide bonds. The molecule has 0 aromatic carbocycles. The Morgan fingerprint density at radius 3 is 3.00 bits per heavy atom. The summed E-state index contributed by atoms with van der Waals surface area (Å²) in [5, 5.41) is 3.51. The Balaban J connectivity index is 1.71. The van der Waals surface area contributed by atoms with E-state index in [1.165, 1.54) is 19.3 Å². The van der Waals surface area contributed by atoms with Crippen molar-refractivity contribution in [2.24, 2.45) is 11.8 Å². The molecular formula is C13H20N2. The third-order valence-electron chi connectivity index (χ3n) is 3.48. The van der Waals surface area contributed by atoms with Crippen molar-refractivity contribution in [1.29, 1.82) is 0 Å². The predicted octanol–water partition coefficient (Wildman–Crippen LogP) is 2.61. The van der Waals surface area contributed by atoms with Gasteiger partial charge in [0.05, 0.1) is 5.69 Å². The van der Waals surface area contributed by atoms with Crippen LogP contribution in [0, 0.1) is 11.8 Å². The van der Waals surface area contributed by atoms with E-state index in [-0.39, 0.29) is 0 Å². The molecule has 1 aromatic rings. The highest BCUT2D eigenvalue weighted by molar-refractivity contribution is 5.02. The Morgan fingerprint density at radius 2 is 2.33 bits per heavy atom. The van der Waals surface area contributed by atoms with Crippen LogP contribution in [0.1, 0.15) is 31.9 Å². The highest BCUT2D eigenvalue weighted by atomic mass is 14.9. The number of pyridine rings is 1. The molecule has 0 radical (unpaired) electrons. The Kier molecular flexibility index (Phi) is 3.73. The SMILES string of the molecule is CC1CCCC1CNCc1ccccn1. The van der Waals surface area contributed by atoms with Gasteiger partial charge in [-0.25, -0.2) is 0 Å². The summed E-state index contributed by atoms with van der Waals surface area (Å²) < 4.78 is 0. The van der Waals surface area contributed by atoms with E-state index < -0.39 is 0 Å². The first-order valence-electron chi connectivity index (χ1n) is 5.97. The molecule has 1 N–H and O–H groups in total. The molecule has 2 nitrogen and oxygen atoms in total. The lowest BCUT2D eigenvalue weighted by atomic mass is 9.98. The van der Waals surface area contributed by atoms with E-state index in [1.807, 2.05) is 18.3 Å². The van der Waals surface area contributed by atoms with Crippen LogP contribution in [0.5, 0.6) is 0 Å². The van der Waals surface area contributed by atoms with Crippen molar-refractivity contribution >= 4 is 0 Å². The van der Waals surface area contributed by atoms with Gasteiger partial charge in [0.2, 0.25) is 0 Å². The fourth-order valence-electron chi connectivity index (χ4n) is 2.41. The van der Waals surface area contributed by atoms with Crippen molar-refractivity contribution in [1.82, 2.24) is 10.3 Å². The number of aromatic nitrogens is 1. The molecule has 15 heavy (non-hydrogen) atoms. The maximum Gasteiger partial charge on any atom is 0.0541 e. The van der Waals surface area contributed by atoms with Crippen molar-refractivity contribution in [3.8, 4) is 0 Å². The van der Waals surface area contributed by atoms with Crippen molar-refractivity contribution in [3.05, 3.63) is 30.1 Å². The Bertz CT molecular complexity index is 284. The van der Waals surface area contributed by atoms with Gasteiger partial charge in [-0.2, -0.15) is 0 Å². The molecule has 1 saturated carbocycles. The summed E-state index contributed by atoms with van der Waals surface area (Å²) in [6.45, 7) is 4.43. The number of nitrogens with one attached hydrogen (secondary N) is 1. The third-order valence-corrected chi connectivity index (χ3v) is 3.48. The zero-order chi connectivity index (χ0) is 10.5. The minimum absolute atomic E-state index is 0.883. The molecule has 2 heteroatoms. The van der Waals surface area contributed by atoms with Gasteiger partial charge in [0.25, 0.3) is 0 Å². The summed E-state index contributed by atoms with van der Waals surface area (Å²) in [4.78, 5) is 4.30. The lowest BCUT2D eigenvalue weighted by Gasteiger charge is -2.15. The first kappa shape index (κ1) is 10.6. The zero-order valence-corrected chi connectivity index (χ0v) is 9.45. The normalized spacial score (nSPS) is 25.7. The van der Waals surface area contributed by atoms with E-state index >= 15 is 0 Å². The van der Waals surface area contributed by atoms with Gasteiger partial charge in [-0.3, -0.25) is 4.98 Å². The molecule has 1 aromatic heterocycles.